The monoisotopic (exact) mass is 652 g/mol. The summed E-state index contributed by atoms with van der Waals surface area (Å²) in [6.45, 7) is 2.93. The van der Waals surface area contributed by atoms with Crippen molar-refractivity contribution in [1.82, 2.24) is 40.0 Å². The lowest BCUT2D eigenvalue weighted by molar-refractivity contribution is -0.183. The Bertz CT molecular complexity index is 1560. The number of hydrogen-bond donors (Lipinski definition) is 2. The molecule has 2 aliphatic heterocycles. The van der Waals surface area contributed by atoms with E-state index in [0.717, 1.165) is 6.42 Å². The molecule has 16 heteroatoms. The van der Waals surface area contributed by atoms with Crippen LogP contribution in [0.2, 0.25) is 0 Å². The highest BCUT2D eigenvalue weighted by Crippen LogP contribution is 2.41. The predicted molar refractivity (Wildman–Crippen MR) is 153 cm³/mol. The standard InChI is InChI=1S/C30H37F5N8O3/c1-2-42-24(5-9-37-42)27(45)40-25(18-3-7-29(31,32)8-4-18)23-15-43-28(39-23)38-21(11-17-6-10-46-16-17)22(41-43)13-19-12-20(30(33,34)35)14-36-26(19)44/h5,9,15,17-20,25H,2-4,6-8,10-14,16H2,1H3,(H,36,44)(H,40,45)/t17-,19-,20-,25+/m1/s1. The first-order valence-corrected chi connectivity index (χ1v) is 15.8. The number of amides is 2. The number of piperidine rings is 1. The van der Waals surface area contributed by atoms with Crippen LogP contribution in [0.3, 0.4) is 0 Å². The Labute approximate surface area is 261 Å². The normalized spacial score (nSPS) is 24.7. The Kier molecular flexibility index (Phi) is 9.00. The summed E-state index contributed by atoms with van der Waals surface area (Å²) >= 11 is 0. The minimum atomic E-state index is -4.44. The maximum atomic E-state index is 14.1. The van der Waals surface area contributed by atoms with Crippen molar-refractivity contribution in [2.75, 3.05) is 19.8 Å². The van der Waals surface area contributed by atoms with Gasteiger partial charge in [0, 0.05) is 57.7 Å². The topological polar surface area (TPSA) is 128 Å². The van der Waals surface area contributed by atoms with Gasteiger partial charge in [-0.15, -0.1) is 0 Å². The molecule has 6 rings (SSSR count). The molecule has 2 N–H and O–H groups in total. The molecular weight excluding hydrogens is 615 g/mol. The van der Waals surface area contributed by atoms with E-state index < -0.39 is 48.3 Å². The number of halogens is 5. The van der Waals surface area contributed by atoms with Gasteiger partial charge in [-0.3, -0.25) is 14.3 Å². The van der Waals surface area contributed by atoms with Gasteiger partial charge in [0.15, 0.2) is 0 Å². The number of alkyl halides is 5. The highest BCUT2D eigenvalue weighted by molar-refractivity contribution is 5.92. The van der Waals surface area contributed by atoms with Gasteiger partial charge in [0.2, 0.25) is 11.8 Å². The summed E-state index contributed by atoms with van der Waals surface area (Å²) in [6.07, 6.45) is -0.856. The fourth-order valence-corrected chi connectivity index (χ4v) is 6.77. The summed E-state index contributed by atoms with van der Waals surface area (Å²) in [5, 5.41) is 14.2. The summed E-state index contributed by atoms with van der Waals surface area (Å²) in [7, 11) is 0. The fraction of sp³-hybridized carbons (Fsp3) is 0.667. The van der Waals surface area contributed by atoms with Crippen LogP contribution >= 0.6 is 0 Å². The number of rotatable bonds is 9. The molecule has 0 spiro atoms. The Morgan fingerprint density at radius 1 is 1.17 bits per heavy atom. The van der Waals surface area contributed by atoms with Crippen molar-refractivity contribution in [2.45, 2.75) is 83.0 Å². The number of aryl methyl sites for hydroxylation is 1. The van der Waals surface area contributed by atoms with Crippen molar-refractivity contribution in [3.8, 4) is 0 Å². The molecule has 3 aliphatic rings. The van der Waals surface area contributed by atoms with Gasteiger partial charge in [-0.25, -0.2) is 23.3 Å². The molecule has 2 saturated heterocycles. The first kappa shape index (κ1) is 32.3. The second-order valence-corrected chi connectivity index (χ2v) is 12.6. The Hall–Kier alpha value is -3.69. The number of carbonyl (C=O) groups excluding carboxylic acids is 2. The van der Waals surface area contributed by atoms with Gasteiger partial charge in [-0.1, -0.05) is 0 Å². The molecule has 5 heterocycles. The summed E-state index contributed by atoms with van der Waals surface area (Å²) in [6, 6.07) is 0.840. The molecule has 3 aromatic rings. The van der Waals surface area contributed by atoms with Gasteiger partial charge in [-0.05, 0) is 56.9 Å². The van der Waals surface area contributed by atoms with Crippen molar-refractivity contribution in [1.29, 1.82) is 0 Å². The average molecular weight is 653 g/mol. The lowest BCUT2D eigenvalue weighted by Crippen LogP contribution is -2.47. The molecule has 0 aromatic carbocycles. The number of imidazole rings is 1. The Morgan fingerprint density at radius 3 is 2.65 bits per heavy atom. The Balaban J connectivity index is 1.34. The SMILES string of the molecule is CCn1nccc1C(=O)N[C@H](c1cn2nc(C[C@H]3C[C@@H](C(F)(F)F)CNC3=O)c(C[C@H]3CCOC3)nc2n1)C1CCC(F)(F)CC1. The van der Waals surface area contributed by atoms with Crippen LogP contribution in [0.5, 0.6) is 0 Å². The first-order valence-electron chi connectivity index (χ1n) is 15.8. The zero-order valence-electron chi connectivity index (χ0n) is 25.4. The average Bonchev–Trinajstić information content (AvgIpc) is 3.78. The van der Waals surface area contributed by atoms with E-state index in [1.807, 2.05) is 6.92 Å². The van der Waals surface area contributed by atoms with Gasteiger partial charge >= 0.3 is 6.18 Å². The molecule has 250 valence electrons. The zero-order chi connectivity index (χ0) is 32.6. The first-order chi connectivity index (χ1) is 21.9. The van der Waals surface area contributed by atoms with Crippen molar-refractivity contribution >= 4 is 17.6 Å². The summed E-state index contributed by atoms with van der Waals surface area (Å²) in [5.41, 5.74) is 1.61. The third-order valence-electron chi connectivity index (χ3n) is 9.44. The van der Waals surface area contributed by atoms with Crippen LogP contribution < -0.4 is 10.6 Å². The molecular formula is C30H37F5N8O3. The highest BCUT2D eigenvalue weighted by atomic mass is 19.4. The third-order valence-corrected chi connectivity index (χ3v) is 9.44. The second kappa shape index (κ2) is 12.8. The molecule has 1 aliphatic carbocycles. The van der Waals surface area contributed by atoms with Crippen molar-refractivity contribution in [3.63, 3.8) is 0 Å². The van der Waals surface area contributed by atoms with E-state index in [4.69, 9.17) is 14.8 Å². The van der Waals surface area contributed by atoms with Crippen LogP contribution in [0.25, 0.3) is 5.78 Å². The fourth-order valence-electron chi connectivity index (χ4n) is 6.77. The quantitative estimate of drug-likeness (QED) is 0.334. The van der Waals surface area contributed by atoms with Crippen LogP contribution in [0.15, 0.2) is 18.5 Å². The largest absolute Gasteiger partial charge is 0.393 e. The second-order valence-electron chi connectivity index (χ2n) is 12.6. The molecule has 11 nitrogen and oxygen atoms in total. The van der Waals surface area contributed by atoms with E-state index in [1.165, 1.54) is 15.4 Å². The number of hydrogen-bond acceptors (Lipinski definition) is 7. The van der Waals surface area contributed by atoms with Gasteiger partial charge in [0.05, 0.1) is 35.2 Å². The van der Waals surface area contributed by atoms with Crippen LogP contribution in [-0.4, -0.2) is 73.0 Å². The molecule has 3 aromatic heterocycles. The zero-order valence-corrected chi connectivity index (χ0v) is 25.4. The van der Waals surface area contributed by atoms with Gasteiger partial charge in [0.1, 0.15) is 5.69 Å². The van der Waals surface area contributed by atoms with Crippen LogP contribution in [0, 0.1) is 23.7 Å². The number of aromatic nitrogens is 6. The van der Waals surface area contributed by atoms with Gasteiger partial charge in [-0.2, -0.15) is 23.4 Å². The minimum absolute atomic E-state index is 0.0450. The smallest absolute Gasteiger partial charge is 0.381 e. The van der Waals surface area contributed by atoms with Gasteiger partial charge in [0.25, 0.3) is 11.7 Å². The number of carbonyl (C=O) groups is 2. The molecule has 0 bridgehead atoms. The summed E-state index contributed by atoms with van der Waals surface area (Å²) < 4.78 is 77.4. The maximum absolute atomic E-state index is 14.1. The number of nitrogens with one attached hydrogen (secondary N) is 2. The van der Waals surface area contributed by atoms with Crippen molar-refractivity contribution in [3.05, 3.63) is 41.2 Å². The van der Waals surface area contributed by atoms with Crippen LogP contribution in [-0.2, 0) is 28.9 Å². The van der Waals surface area contributed by atoms with Crippen LogP contribution in [0.4, 0.5) is 22.0 Å². The molecule has 0 unspecified atom stereocenters. The number of fused-ring (bicyclic) bond motifs is 1. The molecule has 46 heavy (non-hydrogen) atoms. The molecule has 1 saturated carbocycles. The van der Waals surface area contributed by atoms with E-state index in [0.29, 0.717) is 49.0 Å². The maximum Gasteiger partial charge on any atom is 0.393 e. The lowest BCUT2D eigenvalue weighted by atomic mass is 9.81. The van der Waals surface area contributed by atoms with E-state index in [9.17, 15) is 31.5 Å². The van der Waals surface area contributed by atoms with E-state index in [-0.39, 0.29) is 56.1 Å². The molecule has 3 fully saturated rings. The van der Waals surface area contributed by atoms with Gasteiger partial charge < -0.3 is 15.4 Å². The van der Waals surface area contributed by atoms with E-state index >= 15 is 0 Å². The summed E-state index contributed by atoms with van der Waals surface area (Å²) in [4.78, 5) is 35.5. The third kappa shape index (κ3) is 7.00. The minimum Gasteiger partial charge on any atom is -0.381 e. The Morgan fingerprint density at radius 2 is 1.96 bits per heavy atom. The number of ether oxygens (including phenoxy) is 1. The summed E-state index contributed by atoms with van der Waals surface area (Å²) in [5.74, 6) is -6.30. The number of nitrogens with zero attached hydrogens (tertiary/aromatic N) is 6. The lowest BCUT2D eigenvalue weighted by Gasteiger charge is -2.33. The highest BCUT2D eigenvalue weighted by Gasteiger charge is 2.45. The molecule has 2 amide bonds. The van der Waals surface area contributed by atoms with Crippen molar-refractivity contribution < 1.29 is 36.3 Å². The molecule has 0 radical (unpaired) electrons. The van der Waals surface area contributed by atoms with Crippen molar-refractivity contribution in [2.24, 2.45) is 23.7 Å². The van der Waals surface area contributed by atoms with E-state index in [1.54, 1.807) is 12.3 Å². The predicted octanol–water partition coefficient (Wildman–Crippen LogP) is 4.07. The van der Waals surface area contributed by atoms with Crippen LogP contribution in [0.1, 0.15) is 79.1 Å². The molecule has 4 atom stereocenters. The van der Waals surface area contributed by atoms with E-state index in [2.05, 4.69) is 20.7 Å².